The molecule has 0 saturated carbocycles. The van der Waals surface area contributed by atoms with Crippen LogP contribution in [0.1, 0.15) is 18.1 Å². The van der Waals surface area contributed by atoms with Crippen molar-refractivity contribution in [1.29, 1.82) is 0 Å². The lowest BCUT2D eigenvalue weighted by Crippen LogP contribution is -2.45. The highest BCUT2D eigenvalue weighted by Gasteiger charge is 2.29. The van der Waals surface area contributed by atoms with Gasteiger partial charge in [-0.1, -0.05) is 12.1 Å². The van der Waals surface area contributed by atoms with Crippen LogP contribution in [-0.2, 0) is 24.2 Å². The monoisotopic (exact) mass is 313 g/mol. The molecule has 0 radical (unpaired) electrons. The molecule has 1 atom stereocenters. The smallest absolute Gasteiger partial charge is 0.329 e. The van der Waals surface area contributed by atoms with Crippen LogP contribution in [0.2, 0.25) is 0 Å². The van der Waals surface area contributed by atoms with Gasteiger partial charge in [0.05, 0.1) is 17.8 Å². The van der Waals surface area contributed by atoms with Crippen LogP contribution in [0.4, 0.5) is 0 Å². The summed E-state index contributed by atoms with van der Waals surface area (Å²) >= 11 is 0. The van der Waals surface area contributed by atoms with Gasteiger partial charge >= 0.3 is 5.97 Å². The summed E-state index contributed by atoms with van der Waals surface area (Å²) in [6.07, 6.45) is 0. The summed E-state index contributed by atoms with van der Waals surface area (Å²) in [6.45, 7) is 4.67. The first kappa shape index (κ1) is 17.2. The second-order valence-electron chi connectivity index (χ2n) is 4.83. The van der Waals surface area contributed by atoms with Crippen molar-refractivity contribution < 1.29 is 22.7 Å². The lowest BCUT2D eigenvalue weighted by atomic mass is 10.2. The Balaban J connectivity index is 3.14. The summed E-state index contributed by atoms with van der Waals surface area (Å²) in [7, 11) is -2.59. The van der Waals surface area contributed by atoms with E-state index in [2.05, 4.69) is 10.1 Å². The third-order valence-corrected chi connectivity index (χ3v) is 4.81. The average Bonchev–Trinajstić information content (AvgIpc) is 2.38. The topological polar surface area (TPSA) is 89.5 Å². The Kier molecular flexibility index (Phi) is 5.48. The molecule has 0 heterocycles. The van der Waals surface area contributed by atoms with Crippen LogP contribution in [0.25, 0.3) is 0 Å². The zero-order chi connectivity index (χ0) is 16.2. The van der Waals surface area contributed by atoms with E-state index in [0.29, 0.717) is 5.56 Å². The maximum atomic E-state index is 12.5. The fraction of sp³-hybridized carbons (Fsp3) is 0.429. The van der Waals surface area contributed by atoms with Crippen molar-refractivity contribution in [2.45, 2.75) is 31.7 Å². The van der Waals surface area contributed by atoms with Gasteiger partial charge in [0.2, 0.25) is 5.91 Å². The van der Waals surface area contributed by atoms with Gasteiger partial charge < -0.3 is 10.1 Å². The molecule has 0 spiro atoms. The second kappa shape index (κ2) is 6.71. The minimum Gasteiger partial charge on any atom is -0.467 e. The number of ether oxygens (including phenoxy) is 1. The molecular weight excluding hydrogens is 294 g/mol. The minimum absolute atomic E-state index is 0.154. The largest absolute Gasteiger partial charge is 0.467 e. The maximum absolute atomic E-state index is 12.5. The van der Waals surface area contributed by atoms with Crippen molar-refractivity contribution in [3.05, 3.63) is 29.3 Å². The molecule has 1 aromatic rings. The van der Waals surface area contributed by atoms with Crippen molar-refractivity contribution in [3.63, 3.8) is 0 Å². The zero-order valence-electron chi connectivity index (χ0n) is 12.5. The molecule has 1 N–H and O–H groups in total. The number of hydrogen-bond acceptors (Lipinski definition) is 5. The van der Waals surface area contributed by atoms with E-state index in [1.807, 2.05) is 0 Å². The number of esters is 1. The molecule has 1 rings (SSSR count). The quantitative estimate of drug-likeness (QED) is 0.810. The predicted octanol–water partition coefficient (Wildman–Crippen LogP) is 0.755. The molecule has 0 fully saturated rings. The molecule has 0 aromatic heterocycles. The zero-order valence-corrected chi connectivity index (χ0v) is 13.3. The third kappa shape index (κ3) is 4.56. The van der Waals surface area contributed by atoms with Crippen LogP contribution in [-0.4, -0.2) is 39.2 Å². The summed E-state index contributed by atoms with van der Waals surface area (Å²) in [5.74, 6) is -1.83. The molecule has 116 valence electrons. The SMILES string of the molecule is COC(=O)C(CS(=O)(=O)c1cc(C)ccc1C)NC(C)=O. The summed E-state index contributed by atoms with van der Waals surface area (Å²) in [5, 5.41) is 2.30. The maximum Gasteiger partial charge on any atom is 0.329 e. The highest BCUT2D eigenvalue weighted by atomic mass is 32.2. The Morgan fingerprint density at radius 2 is 1.90 bits per heavy atom. The van der Waals surface area contributed by atoms with Gasteiger partial charge in [0, 0.05) is 6.92 Å². The molecular formula is C14H19NO5S. The van der Waals surface area contributed by atoms with Gasteiger partial charge in [0.1, 0.15) is 6.04 Å². The number of aryl methyl sites for hydroxylation is 2. The molecule has 21 heavy (non-hydrogen) atoms. The van der Waals surface area contributed by atoms with Crippen molar-refractivity contribution in [2.24, 2.45) is 0 Å². The molecule has 0 saturated heterocycles. The second-order valence-corrected chi connectivity index (χ2v) is 6.83. The van der Waals surface area contributed by atoms with E-state index in [1.54, 1.807) is 32.0 Å². The summed E-state index contributed by atoms with van der Waals surface area (Å²) < 4.78 is 29.4. The van der Waals surface area contributed by atoms with E-state index < -0.39 is 33.5 Å². The van der Waals surface area contributed by atoms with Crippen LogP contribution < -0.4 is 5.32 Å². The third-order valence-electron chi connectivity index (χ3n) is 2.93. The molecule has 1 amide bonds. The molecule has 6 nitrogen and oxygen atoms in total. The Morgan fingerprint density at radius 3 is 2.43 bits per heavy atom. The molecule has 0 bridgehead atoms. The Morgan fingerprint density at radius 1 is 1.29 bits per heavy atom. The lowest BCUT2D eigenvalue weighted by molar-refractivity contribution is -0.144. The van der Waals surface area contributed by atoms with Crippen LogP contribution in [0.5, 0.6) is 0 Å². The van der Waals surface area contributed by atoms with E-state index in [-0.39, 0.29) is 4.90 Å². The number of nitrogens with one attached hydrogen (secondary N) is 1. The highest BCUT2D eigenvalue weighted by Crippen LogP contribution is 2.19. The van der Waals surface area contributed by atoms with Gasteiger partial charge in [0.25, 0.3) is 0 Å². The van der Waals surface area contributed by atoms with E-state index >= 15 is 0 Å². The molecule has 0 aliphatic carbocycles. The number of amides is 1. The summed E-state index contributed by atoms with van der Waals surface area (Å²) in [6, 6.07) is 3.83. The van der Waals surface area contributed by atoms with Crippen molar-refractivity contribution in [3.8, 4) is 0 Å². The standard InChI is InChI=1S/C14H19NO5S/c1-9-5-6-10(2)13(7-9)21(18,19)8-12(14(17)20-4)15-11(3)16/h5-7,12H,8H2,1-4H3,(H,15,16). The minimum atomic E-state index is -3.73. The number of sulfone groups is 1. The van der Waals surface area contributed by atoms with E-state index in [9.17, 15) is 18.0 Å². The summed E-state index contributed by atoms with van der Waals surface area (Å²) in [5.41, 5.74) is 1.39. The number of methoxy groups -OCH3 is 1. The number of benzene rings is 1. The Bertz CT molecular complexity index is 651. The van der Waals surface area contributed by atoms with E-state index in [4.69, 9.17) is 0 Å². The van der Waals surface area contributed by atoms with Gasteiger partial charge in [-0.3, -0.25) is 4.79 Å². The fourth-order valence-electron chi connectivity index (χ4n) is 1.91. The normalized spacial score (nSPS) is 12.6. The van der Waals surface area contributed by atoms with Gasteiger partial charge in [-0.2, -0.15) is 0 Å². The van der Waals surface area contributed by atoms with Crippen LogP contribution >= 0.6 is 0 Å². The Hall–Kier alpha value is -1.89. The number of hydrogen-bond donors (Lipinski definition) is 1. The molecule has 7 heteroatoms. The Labute approximate surface area is 124 Å². The van der Waals surface area contributed by atoms with Gasteiger partial charge in [-0.05, 0) is 31.0 Å². The van der Waals surface area contributed by atoms with Crippen LogP contribution in [0.3, 0.4) is 0 Å². The predicted molar refractivity (Wildman–Crippen MR) is 77.6 cm³/mol. The van der Waals surface area contributed by atoms with E-state index in [1.165, 1.54) is 6.92 Å². The first-order valence-corrected chi connectivity index (χ1v) is 7.97. The molecule has 1 unspecified atom stereocenters. The highest BCUT2D eigenvalue weighted by molar-refractivity contribution is 7.91. The lowest BCUT2D eigenvalue weighted by Gasteiger charge is -2.16. The van der Waals surface area contributed by atoms with Crippen molar-refractivity contribution in [2.75, 3.05) is 12.9 Å². The summed E-state index contributed by atoms with van der Waals surface area (Å²) in [4.78, 5) is 22.9. The van der Waals surface area contributed by atoms with Crippen LogP contribution in [0.15, 0.2) is 23.1 Å². The van der Waals surface area contributed by atoms with Crippen LogP contribution in [0, 0.1) is 13.8 Å². The fourth-order valence-corrected chi connectivity index (χ4v) is 3.67. The number of carbonyl (C=O) groups is 2. The molecule has 0 aliphatic rings. The van der Waals surface area contributed by atoms with E-state index in [0.717, 1.165) is 12.7 Å². The first-order chi connectivity index (χ1) is 9.67. The number of rotatable bonds is 5. The average molecular weight is 313 g/mol. The van der Waals surface area contributed by atoms with Crippen molar-refractivity contribution >= 4 is 21.7 Å². The van der Waals surface area contributed by atoms with Gasteiger partial charge in [0.15, 0.2) is 9.84 Å². The first-order valence-electron chi connectivity index (χ1n) is 6.32. The van der Waals surface area contributed by atoms with Crippen molar-refractivity contribution in [1.82, 2.24) is 5.32 Å². The number of carbonyl (C=O) groups excluding carboxylic acids is 2. The molecule has 1 aromatic carbocycles. The van der Waals surface area contributed by atoms with Gasteiger partial charge in [-0.15, -0.1) is 0 Å². The van der Waals surface area contributed by atoms with Gasteiger partial charge in [-0.25, -0.2) is 13.2 Å². The molecule has 0 aliphatic heterocycles.